The summed E-state index contributed by atoms with van der Waals surface area (Å²) in [6.45, 7) is 5.99. The third-order valence-corrected chi connectivity index (χ3v) is 9.03. The molecule has 0 amide bonds. The summed E-state index contributed by atoms with van der Waals surface area (Å²) in [5, 5.41) is 30.3. The molecule has 3 heterocycles. The van der Waals surface area contributed by atoms with E-state index >= 15 is 0 Å². The smallest absolute Gasteiger partial charge is 0.275 e. The van der Waals surface area contributed by atoms with Gasteiger partial charge in [-0.15, -0.1) is 0 Å². The van der Waals surface area contributed by atoms with Crippen LogP contribution in [0.15, 0.2) is 33.0 Å². The highest BCUT2D eigenvalue weighted by Gasteiger charge is 2.30. The normalized spacial score (nSPS) is 16.0. The zero-order chi connectivity index (χ0) is 30.4. The number of ether oxygens (including phenoxy) is 1. The van der Waals surface area contributed by atoms with Gasteiger partial charge in [-0.2, -0.15) is 14.4 Å². The number of H-pyrrole nitrogens is 1. The van der Waals surface area contributed by atoms with Crippen molar-refractivity contribution >= 4 is 27.3 Å². The molecule has 3 aromatic rings. The summed E-state index contributed by atoms with van der Waals surface area (Å²) in [5.74, 6) is 0.543. The minimum absolute atomic E-state index is 0.00981. The molecule has 42 heavy (non-hydrogen) atoms. The number of quaternary nitrogens is 1. The molecule has 0 spiro atoms. The monoisotopic (exact) mass is 607 g/mol. The largest absolute Gasteiger partial charge is 0.566 e. The van der Waals surface area contributed by atoms with Crippen LogP contribution in [0.3, 0.4) is 0 Å². The number of rotatable bonds is 13. The molecule has 1 aromatic carbocycles. The van der Waals surface area contributed by atoms with Crippen molar-refractivity contribution < 1.29 is 33.8 Å². The molecule has 4 N–H and O–H groups in total. The number of aromatic amines is 1. The highest BCUT2D eigenvalue weighted by atomic mass is 32.2. The Bertz CT molecular complexity index is 1580. The summed E-state index contributed by atoms with van der Waals surface area (Å²) < 4.78 is 36.3. The number of aryl methyl sites for hydroxylation is 2. The second-order valence-electron chi connectivity index (χ2n) is 9.90. The first kappa shape index (κ1) is 31.6. The van der Waals surface area contributed by atoms with Crippen LogP contribution in [0.5, 0.6) is 5.75 Å². The SMILES string of the molecule is CCCOc1ccc(S(=O)(=O)N2CCN(CCO[NH+]([O-])O)CC2)cc1-c1nc2c(CCC)c(/C=N/O)n(C)c2c(=O)[nH]1. The molecule has 2 aromatic heterocycles. The molecule has 0 saturated carbocycles. The molecule has 0 aliphatic carbocycles. The van der Waals surface area contributed by atoms with Gasteiger partial charge in [0.2, 0.25) is 10.0 Å². The van der Waals surface area contributed by atoms with Gasteiger partial charge < -0.3 is 24.7 Å². The van der Waals surface area contributed by atoms with E-state index in [1.165, 1.54) is 22.7 Å². The molecule has 0 bridgehead atoms. The Morgan fingerprint density at radius 2 is 1.93 bits per heavy atom. The van der Waals surface area contributed by atoms with E-state index in [9.17, 15) is 23.6 Å². The van der Waals surface area contributed by atoms with Crippen LogP contribution < -0.4 is 15.7 Å². The Morgan fingerprint density at radius 1 is 1.19 bits per heavy atom. The lowest BCUT2D eigenvalue weighted by atomic mass is 10.1. The first-order valence-corrected chi connectivity index (χ1v) is 15.2. The van der Waals surface area contributed by atoms with Gasteiger partial charge >= 0.3 is 0 Å². The molecule has 16 heteroatoms. The van der Waals surface area contributed by atoms with E-state index in [1.54, 1.807) is 17.7 Å². The number of nitrogens with zero attached hydrogens (tertiary/aromatic N) is 5. The van der Waals surface area contributed by atoms with Crippen LogP contribution in [0.2, 0.25) is 0 Å². The van der Waals surface area contributed by atoms with Crippen molar-refractivity contribution in [3.8, 4) is 17.1 Å². The molecule has 1 aliphatic heterocycles. The summed E-state index contributed by atoms with van der Waals surface area (Å²) in [6.07, 6.45) is 3.32. The van der Waals surface area contributed by atoms with Crippen molar-refractivity contribution in [2.45, 2.75) is 38.0 Å². The second-order valence-corrected chi connectivity index (χ2v) is 11.8. The first-order valence-electron chi connectivity index (χ1n) is 13.8. The maximum absolute atomic E-state index is 13.7. The van der Waals surface area contributed by atoms with Crippen molar-refractivity contribution in [2.24, 2.45) is 12.2 Å². The minimum atomic E-state index is -3.91. The molecule has 4 rings (SSSR count). The zero-order valence-corrected chi connectivity index (χ0v) is 24.7. The lowest BCUT2D eigenvalue weighted by molar-refractivity contribution is -1.21. The summed E-state index contributed by atoms with van der Waals surface area (Å²) in [7, 11) is -2.22. The van der Waals surface area contributed by atoms with E-state index < -0.39 is 21.0 Å². The van der Waals surface area contributed by atoms with Gasteiger partial charge in [0.25, 0.3) is 5.56 Å². The summed E-state index contributed by atoms with van der Waals surface area (Å²) >= 11 is 0. The topological polar surface area (TPSA) is 190 Å². The highest BCUT2D eigenvalue weighted by Crippen LogP contribution is 2.33. The van der Waals surface area contributed by atoms with Crippen molar-refractivity contribution in [2.75, 3.05) is 45.9 Å². The van der Waals surface area contributed by atoms with Gasteiger partial charge in [0, 0.05) is 45.3 Å². The summed E-state index contributed by atoms with van der Waals surface area (Å²) in [4.78, 5) is 27.4. The van der Waals surface area contributed by atoms with Crippen molar-refractivity contribution in [3.05, 3.63) is 45.0 Å². The number of aromatic nitrogens is 3. The van der Waals surface area contributed by atoms with Crippen LogP contribution in [0.25, 0.3) is 22.4 Å². The molecule has 15 nitrogen and oxygen atoms in total. The highest BCUT2D eigenvalue weighted by molar-refractivity contribution is 7.89. The Balaban J connectivity index is 1.73. The van der Waals surface area contributed by atoms with Gasteiger partial charge in [0.05, 0.1) is 29.0 Å². The third-order valence-electron chi connectivity index (χ3n) is 7.14. The summed E-state index contributed by atoms with van der Waals surface area (Å²) in [6, 6.07) is 4.52. The van der Waals surface area contributed by atoms with Crippen molar-refractivity contribution in [3.63, 3.8) is 0 Å². The number of fused-ring (bicyclic) bond motifs is 1. The van der Waals surface area contributed by atoms with Crippen LogP contribution in [0, 0.1) is 5.21 Å². The average molecular weight is 608 g/mol. The molecule has 1 fully saturated rings. The van der Waals surface area contributed by atoms with E-state index in [-0.39, 0.29) is 30.4 Å². The molecule has 1 atom stereocenters. The van der Waals surface area contributed by atoms with Gasteiger partial charge in [-0.05, 0) is 31.0 Å². The van der Waals surface area contributed by atoms with E-state index in [1.807, 2.05) is 18.7 Å². The molecule has 230 valence electrons. The quantitative estimate of drug-likeness (QED) is 0.121. The van der Waals surface area contributed by atoms with Gasteiger partial charge in [0.1, 0.15) is 29.2 Å². The zero-order valence-electron chi connectivity index (χ0n) is 23.9. The Kier molecular flexibility index (Phi) is 10.3. The second kappa shape index (κ2) is 13.7. The van der Waals surface area contributed by atoms with E-state index in [2.05, 4.69) is 15.0 Å². The fourth-order valence-electron chi connectivity index (χ4n) is 5.07. The van der Waals surface area contributed by atoms with Crippen LogP contribution in [-0.4, -0.2) is 94.7 Å². The van der Waals surface area contributed by atoms with Crippen molar-refractivity contribution in [1.29, 1.82) is 0 Å². The number of oxime groups is 1. The predicted molar refractivity (Wildman–Crippen MR) is 153 cm³/mol. The number of piperazine rings is 1. The Hall–Kier alpha value is -3.38. The van der Waals surface area contributed by atoms with E-state index in [0.717, 1.165) is 12.0 Å². The van der Waals surface area contributed by atoms with Crippen LogP contribution in [0.1, 0.15) is 37.9 Å². The minimum Gasteiger partial charge on any atom is -0.566 e. The fourth-order valence-corrected chi connectivity index (χ4v) is 6.52. The van der Waals surface area contributed by atoms with Gasteiger partial charge in [-0.25, -0.2) is 13.4 Å². The Morgan fingerprint density at radius 3 is 2.57 bits per heavy atom. The molecule has 1 saturated heterocycles. The number of nitrogens with one attached hydrogen (secondary N) is 2. The first-order chi connectivity index (χ1) is 20.1. The Labute approximate surface area is 243 Å². The number of benzene rings is 1. The van der Waals surface area contributed by atoms with Crippen molar-refractivity contribution in [1.82, 2.24) is 23.7 Å². The lowest BCUT2D eigenvalue weighted by Gasteiger charge is -2.33. The van der Waals surface area contributed by atoms with E-state index in [0.29, 0.717) is 67.1 Å². The summed E-state index contributed by atoms with van der Waals surface area (Å²) in [5.41, 5.74) is 1.94. The number of hydrogen-bond acceptors (Lipinski definition) is 11. The molecular formula is C26H37N7O8S. The number of sulfonamides is 1. The third kappa shape index (κ3) is 6.64. The maximum atomic E-state index is 13.7. The number of hydrogen-bond donors (Lipinski definition) is 4. The lowest BCUT2D eigenvalue weighted by Crippen LogP contribution is -3.03. The molecular weight excluding hydrogens is 570 g/mol. The average Bonchev–Trinajstić information content (AvgIpc) is 3.23. The van der Waals surface area contributed by atoms with Crippen LogP contribution >= 0.6 is 0 Å². The van der Waals surface area contributed by atoms with Gasteiger partial charge in [0.15, 0.2) is 0 Å². The van der Waals surface area contributed by atoms with E-state index in [4.69, 9.17) is 14.9 Å². The van der Waals surface area contributed by atoms with Gasteiger partial charge in [-0.3, -0.25) is 9.69 Å². The molecule has 0 radical (unpaired) electrons. The maximum Gasteiger partial charge on any atom is 0.275 e. The van der Waals surface area contributed by atoms with Crippen LogP contribution in [-0.2, 0) is 28.3 Å². The van der Waals surface area contributed by atoms with Crippen LogP contribution in [0.4, 0.5) is 0 Å². The fraction of sp³-hybridized carbons (Fsp3) is 0.500. The molecule has 1 aliphatic rings. The van der Waals surface area contributed by atoms with Gasteiger partial charge in [-0.1, -0.05) is 30.8 Å². The standard InChI is InChI=1S/C26H37N7O8S/c1-4-6-19-21(17-27-35)30(3)24-23(19)28-25(29-26(24)34)20-16-18(7-8-22(20)40-14-5-2)42(38,39)32-11-9-31(10-12-32)13-15-41-33(36)37/h7-8,16-17,33,35-36H,4-6,9-15H2,1-3H3,(H,28,29,34)/b27-17+. The molecule has 1 unspecified atom stereocenters. The predicted octanol–water partition coefficient (Wildman–Crippen LogP) is 0.488.